The van der Waals surface area contributed by atoms with Crippen LogP contribution in [-0.4, -0.2) is 24.9 Å². The molecule has 0 unspecified atom stereocenters. The number of benzene rings is 1. The van der Waals surface area contributed by atoms with E-state index >= 15 is 0 Å². The molecule has 0 fully saturated rings. The lowest BCUT2D eigenvalue weighted by molar-refractivity contribution is 0.233. The number of isocyanates is 1. The Bertz CT molecular complexity index is 571. The van der Waals surface area contributed by atoms with E-state index < -0.39 is 16.1 Å². The van der Waals surface area contributed by atoms with Crippen LogP contribution in [0.15, 0.2) is 34.3 Å². The molecule has 0 aliphatic rings. The quantitative estimate of drug-likeness (QED) is 0.476. The van der Waals surface area contributed by atoms with Gasteiger partial charge in [0.15, 0.2) is 0 Å². The molecule has 0 atom stereocenters. The molecule has 0 aliphatic heterocycles. The lowest BCUT2D eigenvalue weighted by Crippen LogP contribution is -2.36. The number of nitrogens with zero attached hydrogens (tertiary/aromatic N) is 2. The summed E-state index contributed by atoms with van der Waals surface area (Å²) in [5, 5.41) is 2.76. The van der Waals surface area contributed by atoms with Crippen LogP contribution in [0.5, 0.6) is 0 Å². The van der Waals surface area contributed by atoms with E-state index in [0.717, 1.165) is 11.6 Å². The minimum absolute atomic E-state index is 0.106. The van der Waals surface area contributed by atoms with Crippen molar-refractivity contribution in [1.82, 2.24) is 4.41 Å². The number of hydrogen-bond acceptors (Lipinski definition) is 5. The standard InChI is InChI=1S/C9H9N3O4S/c1-7-2-4-8(5-3-7)17(15,16)12(9(10)14)11-6-13/h2-5H,1H3,(H2,10,14). The van der Waals surface area contributed by atoms with Crippen molar-refractivity contribution in [3.05, 3.63) is 29.8 Å². The molecule has 90 valence electrons. The van der Waals surface area contributed by atoms with Crippen molar-refractivity contribution in [3.8, 4) is 0 Å². The molecule has 17 heavy (non-hydrogen) atoms. The van der Waals surface area contributed by atoms with Gasteiger partial charge in [-0.1, -0.05) is 27.2 Å². The Hall–Kier alpha value is -2.18. The summed E-state index contributed by atoms with van der Waals surface area (Å²) in [5.41, 5.74) is 5.65. The second kappa shape index (κ2) is 4.77. The van der Waals surface area contributed by atoms with Gasteiger partial charge in [-0.3, -0.25) is 0 Å². The van der Waals surface area contributed by atoms with Gasteiger partial charge in [-0.15, -0.1) is 0 Å². The Labute approximate surface area is 97.6 Å². The van der Waals surface area contributed by atoms with E-state index in [2.05, 4.69) is 5.10 Å². The smallest absolute Gasteiger partial charge is 0.349 e. The molecule has 8 heteroatoms. The minimum atomic E-state index is -4.25. The summed E-state index contributed by atoms with van der Waals surface area (Å²) in [6.07, 6.45) is 0.957. The van der Waals surface area contributed by atoms with Crippen LogP contribution in [0.1, 0.15) is 5.56 Å². The van der Waals surface area contributed by atoms with Gasteiger partial charge in [0, 0.05) is 0 Å². The van der Waals surface area contributed by atoms with E-state index in [0.29, 0.717) is 0 Å². The normalized spacial score (nSPS) is 10.4. The highest BCUT2D eigenvalue weighted by atomic mass is 32.2. The maximum Gasteiger partial charge on any atom is 0.350 e. The van der Waals surface area contributed by atoms with Crippen molar-refractivity contribution in [3.63, 3.8) is 0 Å². The van der Waals surface area contributed by atoms with Crippen LogP contribution in [-0.2, 0) is 14.8 Å². The molecule has 7 nitrogen and oxygen atoms in total. The number of sulfonamides is 1. The number of carbonyl (C=O) groups excluding carboxylic acids is 2. The number of nitrogens with two attached hydrogens (primary N) is 1. The molecule has 1 aromatic rings. The van der Waals surface area contributed by atoms with Crippen LogP contribution < -0.4 is 5.73 Å². The zero-order chi connectivity index (χ0) is 13.1. The Morgan fingerprint density at radius 3 is 2.29 bits per heavy atom. The zero-order valence-electron chi connectivity index (χ0n) is 8.82. The Morgan fingerprint density at radius 1 is 1.35 bits per heavy atom. The molecule has 2 amide bonds. The van der Waals surface area contributed by atoms with Crippen molar-refractivity contribution in [1.29, 1.82) is 0 Å². The SMILES string of the molecule is Cc1ccc(S(=O)(=O)N(N=C=O)C(N)=O)cc1. The van der Waals surface area contributed by atoms with Crippen molar-refractivity contribution < 1.29 is 18.0 Å². The average Bonchev–Trinajstić information content (AvgIpc) is 2.25. The number of rotatable bonds is 3. The third kappa shape index (κ3) is 2.68. The van der Waals surface area contributed by atoms with Crippen molar-refractivity contribution in [2.75, 3.05) is 0 Å². The average molecular weight is 255 g/mol. The lowest BCUT2D eigenvalue weighted by Gasteiger charge is -2.12. The summed E-state index contributed by atoms with van der Waals surface area (Å²) in [4.78, 5) is 20.7. The summed E-state index contributed by atoms with van der Waals surface area (Å²) in [6.45, 7) is 1.77. The van der Waals surface area contributed by atoms with Gasteiger partial charge in [-0.2, -0.15) is 8.42 Å². The number of aryl methyl sites for hydroxylation is 1. The van der Waals surface area contributed by atoms with E-state index in [1.807, 2.05) is 0 Å². The monoisotopic (exact) mass is 255 g/mol. The van der Waals surface area contributed by atoms with E-state index in [-0.39, 0.29) is 9.31 Å². The first kappa shape index (κ1) is 12.9. The fourth-order valence-corrected chi connectivity index (χ4v) is 2.13. The molecule has 0 aromatic heterocycles. The molecule has 0 spiro atoms. The van der Waals surface area contributed by atoms with Gasteiger partial charge in [0.25, 0.3) is 16.1 Å². The number of hydrogen-bond donors (Lipinski definition) is 1. The van der Waals surface area contributed by atoms with E-state index in [9.17, 15) is 18.0 Å². The molecule has 0 saturated carbocycles. The zero-order valence-corrected chi connectivity index (χ0v) is 9.64. The Morgan fingerprint density at radius 2 is 1.88 bits per heavy atom. The van der Waals surface area contributed by atoms with Gasteiger partial charge in [0.05, 0.1) is 4.90 Å². The van der Waals surface area contributed by atoms with E-state index in [1.54, 1.807) is 6.92 Å². The first-order valence-corrected chi connectivity index (χ1v) is 5.83. The van der Waals surface area contributed by atoms with Crippen LogP contribution in [0, 0.1) is 6.92 Å². The Kier molecular flexibility index (Phi) is 3.62. The van der Waals surface area contributed by atoms with Gasteiger partial charge < -0.3 is 5.73 Å². The lowest BCUT2D eigenvalue weighted by atomic mass is 10.2. The highest BCUT2D eigenvalue weighted by molar-refractivity contribution is 7.89. The molecule has 1 aromatic carbocycles. The summed E-state index contributed by atoms with van der Waals surface area (Å²) < 4.78 is 23.5. The van der Waals surface area contributed by atoms with Crippen LogP contribution in [0.25, 0.3) is 0 Å². The second-order valence-corrected chi connectivity index (χ2v) is 4.86. The minimum Gasteiger partial charge on any atom is -0.349 e. The largest absolute Gasteiger partial charge is 0.350 e. The maximum atomic E-state index is 11.8. The summed E-state index contributed by atoms with van der Waals surface area (Å²) in [6, 6.07) is 4.25. The Balaban J connectivity index is 3.30. The van der Waals surface area contributed by atoms with Crippen LogP contribution in [0.3, 0.4) is 0 Å². The van der Waals surface area contributed by atoms with E-state index in [1.165, 1.54) is 24.3 Å². The van der Waals surface area contributed by atoms with E-state index in [4.69, 9.17) is 5.73 Å². The van der Waals surface area contributed by atoms with Crippen LogP contribution >= 0.6 is 0 Å². The summed E-state index contributed by atoms with van der Waals surface area (Å²) >= 11 is 0. The maximum absolute atomic E-state index is 11.8. The first-order valence-electron chi connectivity index (χ1n) is 4.39. The summed E-state index contributed by atoms with van der Waals surface area (Å²) in [7, 11) is -4.25. The molecule has 2 N–H and O–H groups in total. The van der Waals surface area contributed by atoms with Gasteiger partial charge in [-0.05, 0) is 19.1 Å². The molecule has 0 heterocycles. The number of amides is 2. The van der Waals surface area contributed by atoms with Crippen molar-refractivity contribution >= 4 is 22.1 Å². The van der Waals surface area contributed by atoms with Crippen LogP contribution in [0.4, 0.5) is 4.79 Å². The topological polar surface area (TPSA) is 110 Å². The van der Waals surface area contributed by atoms with Gasteiger partial charge in [0.2, 0.25) is 0 Å². The number of hydrazone groups is 1. The number of primary amides is 1. The van der Waals surface area contributed by atoms with Gasteiger partial charge in [0.1, 0.15) is 0 Å². The highest BCUT2D eigenvalue weighted by Gasteiger charge is 2.27. The first-order chi connectivity index (χ1) is 7.89. The third-order valence-electron chi connectivity index (χ3n) is 1.87. The molecule has 0 radical (unpaired) electrons. The molecule has 0 aliphatic carbocycles. The molecular weight excluding hydrogens is 246 g/mol. The van der Waals surface area contributed by atoms with Crippen LogP contribution in [0.2, 0.25) is 0 Å². The van der Waals surface area contributed by atoms with Crippen molar-refractivity contribution in [2.24, 2.45) is 10.8 Å². The van der Waals surface area contributed by atoms with Crippen molar-refractivity contribution in [2.45, 2.75) is 11.8 Å². The highest BCUT2D eigenvalue weighted by Crippen LogP contribution is 2.16. The van der Waals surface area contributed by atoms with Gasteiger partial charge in [-0.25, -0.2) is 9.59 Å². The molecule has 1 rings (SSSR count). The summed E-state index contributed by atoms with van der Waals surface area (Å²) in [5.74, 6) is 0. The predicted molar refractivity (Wildman–Crippen MR) is 57.9 cm³/mol. The third-order valence-corrected chi connectivity index (χ3v) is 3.45. The second-order valence-electron chi connectivity index (χ2n) is 3.09. The molecular formula is C9H9N3O4S. The van der Waals surface area contributed by atoms with Gasteiger partial charge >= 0.3 is 6.03 Å². The fraction of sp³-hybridized carbons (Fsp3) is 0.111. The molecule has 0 saturated heterocycles. The number of urea groups is 1. The number of carbonyl (C=O) groups is 1. The molecule has 0 bridgehead atoms. The fourth-order valence-electron chi connectivity index (χ4n) is 1.07. The predicted octanol–water partition coefficient (Wildman–Crippen LogP) is 0.315.